The summed E-state index contributed by atoms with van der Waals surface area (Å²) >= 11 is 1.41. The fourth-order valence-electron chi connectivity index (χ4n) is 2.99. The maximum absolute atomic E-state index is 12.2. The number of hydrogen-bond donors (Lipinski definition) is 3. The molecule has 2 amide bonds. The summed E-state index contributed by atoms with van der Waals surface area (Å²) in [6, 6.07) is 0. The average molecular weight is 338 g/mol. The molecular weight excluding hydrogens is 316 g/mol. The lowest BCUT2D eigenvalue weighted by atomic mass is 9.85. The highest BCUT2D eigenvalue weighted by molar-refractivity contribution is 7.17. The predicted molar refractivity (Wildman–Crippen MR) is 88.8 cm³/mol. The van der Waals surface area contributed by atoms with Gasteiger partial charge in [0.1, 0.15) is 5.00 Å². The van der Waals surface area contributed by atoms with Crippen molar-refractivity contribution in [2.75, 3.05) is 5.32 Å². The van der Waals surface area contributed by atoms with Crippen LogP contribution in [0.2, 0.25) is 0 Å². The number of hydrogen-bond acceptors (Lipinski definition) is 4. The fourth-order valence-corrected chi connectivity index (χ4v) is 4.30. The number of anilines is 1. The number of carboxylic acid groups (broad SMARTS) is 1. The smallest absolute Gasteiger partial charge is 0.303 e. The number of aliphatic carboxylic acids is 1. The first kappa shape index (κ1) is 17.5. The minimum Gasteiger partial charge on any atom is -0.481 e. The molecule has 1 aliphatic rings. The zero-order chi connectivity index (χ0) is 17.2. The maximum Gasteiger partial charge on any atom is 0.303 e. The molecule has 1 aromatic rings. The quantitative estimate of drug-likeness (QED) is 0.740. The van der Waals surface area contributed by atoms with E-state index in [0.717, 1.165) is 36.1 Å². The lowest BCUT2D eigenvalue weighted by Crippen LogP contribution is -2.25. The van der Waals surface area contributed by atoms with Gasteiger partial charge in [0.2, 0.25) is 5.91 Å². The maximum atomic E-state index is 12.2. The van der Waals surface area contributed by atoms with E-state index in [-0.39, 0.29) is 18.7 Å². The van der Waals surface area contributed by atoms with Gasteiger partial charge < -0.3 is 16.2 Å². The summed E-state index contributed by atoms with van der Waals surface area (Å²) in [6.07, 6.45) is 3.78. The van der Waals surface area contributed by atoms with Gasteiger partial charge in [0.15, 0.2) is 0 Å². The molecule has 0 saturated heterocycles. The first-order chi connectivity index (χ1) is 10.7. The minimum atomic E-state index is -0.938. The van der Waals surface area contributed by atoms with Crippen molar-refractivity contribution < 1.29 is 19.5 Å². The molecule has 23 heavy (non-hydrogen) atoms. The molecule has 2 rings (SSSR count). The van der Waals surface area contributed by atoms with Crippen LogP contribution in [0.3, 0.4) is 0 Å². The molecular formula is C16H22N2O4S. The van der Waals surface area contributed by atoms with Crippen molar-refractivity contribution in [2.24, 2.45) is 11.1 Å². The largest absolute Gasteiger partial charge is 0.481 e. The van der Waals surface area contributed by atoms with Crippen LogP contribution in [-0.4, -0.2) is 22.9 Å². The zero-order valence-electron chi connectivity index (χ0n) is 13.4. The number of nitrogens with two attached hydrogens (primary N) is 1. The molecule has 0 unspecified atom stereocenters. The highest BCUT2D eigenvalue weighted by atomic mass is 32.1. The van der Waals surface area contributed by atoms with Crippen LogP contribution in [0, 0.1) is 5.41 Å². The number of carboxylic acids is 1. The Kier molecular flexibility index (Phi) is 5.09. The van der Waals surface area contributed by atoms with Crippen LogP contribution in [0.15, 0.2) is 0 Å². The Balaban J connectivity index is 2.16. The van der Waals surface area contributed by atoms with Crippen molar-refractivity contribution in [3.63, 3.8) is 0 Å². The molecule has 1 aromatic heterocycles. The Bertz CT molecular complexity index is 649. The zero-order valence-corrected chi connectivity index (χ0v) is 14.2. The summed E-state index contributed by atoms with van der Waals surface area (Å²) < 4.78 is 0. The van der Waals surface area contributed by atoms with Crippen LogP contribution in [0.4, 0.5) is 5.00 Å². The van der Waals surface area contributed by atoms with Gasteiger partial charge in [0, 0.05) is 11.3 Å². The van der Waals surface area contributed by atoms with Gasteiger partial charge in [-0.3, -0.25) is 14.4 Å². The summed E-state index contributed by atoms with van der Waals surface area (Å²) in [5, 5.41) is 12.2. The third kappa shape index (κ3) is 4.31. The van der Waals surface area contributed by atoms with Crippen molar-refractivity contribution in [2.45, 2.75) is 52.4 Å². The van der Waals surface area contributed by atoms with Crippen LogP contribution in [0.5, 0.6) is 0 Å². The standard InChI is InChI=1S/C16H22N2O4S/c1-16(2,8-12(20)21)7-11(19)18-15-13(14(17)22)9-5-3-4-6-10(9)23-15/h3-8H2,1-2H3,(H2,17,22)(H,18,19)(H,20,21). The number of carbonyl (C=O) groups is 3. The van der Waals surface area contributed by atoms with Gasteiger partial charge in [0.05, 0.1) is 12.0 Å². The van der Waals surface area contributed by atoms with Crippen molar-refractivity contribution in [3.8, 4) is 0 Å². The molecule has 0 aliphatic heterocycles. The SMILES string of the molecule is CC(C)(CC(=O)O)CC(=O)Nc1sc2c(c1C(N)=O)CCCC2. The van der Waals surface area contributed by atoms with Gasteiger partial charge in [0.25, 0.3) is 5.91 Å². The van der Waals surface area contributed by atoms with E-state index in [9.17, 15) is 14.4 Å². The monoisotopic (exact) mass is 338 g/mol. The van der Waals surface area contributed by atoms with Crippen LogP contribution < -0.4 is 11.1 Å². The van der Waals surface area contributed by atoms with Crippen molar-refractivity contribution in [3.05, 3.63) is 16.0 Å². The molecule has 0 atom stereocenters. The first-order valence-corrected chi connectivity index (χ1v) is 8.47. The number of fused-ring (bicyclic) bond motifs is 1. The molecule has 7 heteroatoms. The summed E-state index contributed by atoms with van der Waals surface area (Å²) in [6.45, 7) is 3.46. The van der Waals surface area contributed by atoms with Gasteiger partial charge in [-0.2, -0.15) is 0 Å². The molecule has 126 valence electrons. The first-order valence-electron chi connectivity index (χ1n) is 7.65. The molecule has 0 aromatic carbocycles. The molecule has 0 bridgehead atoms. The van der Waals surface area contributed by atoms with Crippen molar-refractivity contribution in [1.82, 2.24) is 0 Å². The van der Waals surface area contributed by atoms with Gasteiger partial charge >= 0.3 is 5.97 Å². The van der Waals surface area contributed by atoms with E-state index in [1.54, 1.807) is 13.8 Å². The molecule has 1 heterocycles. The Morgan fingerprint density at radius 3 is 2.48 bits per heavy atom. The van der Waals surface area contributed by atoms with Gasteiger partial charge in [-0.15, -0.1) is 11.3 Å². The van der Waals surface area contributed by atoms with E-state index >= 15 is 0 Å². The molecule has 0 fully saturated rings. The summed E-state index contributed by atoms with van der Waals surface area (Å²) in [7, 11) is 0. The van der Waals surface area contributed by atoms with Crippen molar-refractivity contribution >= 4 is 34.1 Å². The minimum absolute atomic E-state index is 0.0695. The summed E-state index contributed by atoms with van der Waals surface area (Å²) in [5.41, 5.74) is 6.23. The van der Waals surface area contributed by atoms with Crippen LogP contribution >= 0.6 is 11.3 Å². The van der Waals surface area contributed by atoms with E-state index < -0.39 is 17.3 Å². The van der Waals surface area contributed by atoms with Gasteiger partial charge in [-0.1, -0.05) is 13.8 Å². The number of primary amides is 1. The van der Waals surface area contributed by atoms with E-state index in [1.165, 1.54) is 11.3 Å². The van der Waals surface area contributed by atoms with Gasteiger partial charge in [-0.05, 0) is 36.7 Å². The summed E-state index contributed by atoms with van der Waals surface area (Å²) in [4.78, 5) is 36.0. The third-order valence-electron chi connectivity index (χ3n) is 3.94. The average Bonchev–Trinajstić information content (AvgIpc) is 2.73. The highest BCUT2D eigenvalue weighted by Gasteiger charge is 2.28. The van der Waals surface area contributed by atoms with Crippen molar-refractivity contribution in [1.29, 1.82) is 0 Å². The Hall–Kier alpha value is -1.89. The molecule has 0 radical (unpaired) electrons. The normalized spacial score (nSPS) is 14.2. The predicted octanol–water partition coefficient (Wildman–Crippen LogP) is 2.56. The number of amides is 2. The van der Waals surface area contributed by atoms with E-state index in [1.807, 2.05) is 0 Å². The molecule has 0 saturated carbocycles. The third-order valence-corrected chi connectivity index (χ3v) is 5.15. The van der Waals surface area contributed by atoms with Crippen LogP contribution in [-0.2, 0) is 22.4 Å². The molecule has 6 nitrogen and oxygen atoms in total. The van der Waals surface area contributed by atoms with E-state index in [0.29, 0.717) is 10.6 Å². The Labute approximate surface area is 139 Å². The van der Waals surface area contributed by atoms with Crippen LogP contribution in [0.25, 0.3) is 0 Å². The van der Waals surface area contributed by atoms with E-state index in [2.05, 4.69) is 5.32 Å². The lowest BCUT2D eigenvalue weighted by Gasteiger charge is -2.21. The number of rotatable bonds is 6. The second-order valence-corrected chi connectivity index (χ2v) is 7.84. The topological polar surface area (TPSA) is 109 Å². The molecule has 0 spiro atoms. The number of thiophene rings is 1. The Morgan fingerprint density at radius 2 is 1.87 bits per heavy atom. The van der Waals surface area contributed by atoms with Crippen LogP contribution in [0.1, 0.15) is 60.3 Å². The molecule has 4 N–H and O–H groups in total. The van der Waals surface area contributed by atoms with E-state index in [4.69, 9.17) is 10.8 Å². The highest BCUT2D eigenvalue weighted by Crippen LogP contribution is 2.38. The lowest BCUT2D eigenvalue weighted by molar-refractivity contribution is -0.139. The number of nitrogens with one attached hydrogen (secondary N) is 1. The Morgan fingerprint density at radius 1 is 1.22 bits per heavy atom. The second-order valence-electron chi connectivity index (χ2n) is 6.74. The second kappa shape index (κ2) is 6.70. The number of aryl methyl sites for hydroxylation is 1. The van der Waals surface area contributed by atoms with Gasteiger partial charge in [-0.25, -0.2) is 0 Å². The summed E-state index contributed by atoms with van der Waals surface area (Å²) in [5.74, 6) is -1.76. The molecule has 1 aliphatic carbocycles. The number of carbonyl (C=O) groups excluding carboxylic acids is 2. The fraction of sp³-hybridized carbons (Fsp3) is 0.562.